The van der Waals surface area contributed by atoms with Crippen molar-refractivity contribution in [3.05, 3.63) is 40.3 Å². The number of benzene rings is 1. The second kappa shape index (κ2) is 10.7. The van der Waals surface area contributed by atoms with Crippen LogP contribution in [0.15, 0.2) is 28.8 Å². The van der Waals surface area contributed by atoms with Crippen molar-refractivity contribution < 1.29 is 19.0 Å². The standard InChI is InChI=1S/C24H33N3O5/c1-24(2,3)31-21(28)16-19(11-7-10-17-8-5-4-6-9-17)23-25-22(26-32-23)18-12-14-20(15-13-18)27(29)30/h12-15,17,19H,4-11,16H2,1-3H3/t19-/m0/s1. The smallest absolute Gasteiger partial charge is 0.307 e. The Morgan fingerprint density at radius 1 is 1.22 bits per heavy atom. The predicted molar refractivity (Wildman–Crippen MR) is 120 cm³/mol. The molecule has 1 aromatic carbocycles. The van der Waals surface area contributed by atoms with Crippen LogP contribution in [-0.4, -0.2) is 26.6 Å². The van der Waals surface area contributed by atoms with Crippen LogP contribution in [0.4, 0.5) is 5.69 Å². The Morgan fingerprint density at radius 2 is 1.91 bits per heavy atom. The molecule has 1 aliphatic carbocycles. The number of nitrogens with zero attached hydrogens (tertiary/aromatic N) is 3. The van der Waals surface area contributed by atoms with E-state index in [2.05, 4.69) is 10.1 Å². The van der Waals surface area contributed by atoms with Gasteiger partial charge in [0.2, 0.25) is 11.7 Å². The zero-order valence-corrected chi connectivity index (χ0v) is 19.2. The fraction of sp³-hybridized carbons (Fsp3) is 0.625. The van der Waals surface area contributed by atoms with Crippen LogP contribution in [0, 0.1) is 16.0 Å². The van der Waals surface area contributed by atoms with E-state index in [-0.39, 0.29) is 24.0 Å². The lowest BCUT2D eigenvalue weighted by Crippen LogP contribution is -2.25. The Hall–Kier alpha value is -2.77. The molecule has 32 heavy (non-hydrogen) atoms. The molecule has 2 aromatic rings. The third-order valence-corrected chi connectivity index (χ3v) is 5.85. The number of nitro benzene ring substituents is 1. The van der Waals surface area contributed by atoms with Gasteiger partial charge < -0.3 is 9.26 Å². The average Bonchev–Trinajstić information content (AvgIpc) is 3.23. The van der Waals surface area contributed by atoms with Crippen LogP contribution in [-0.2, 0) is 9.53 Å². The summed E-state index contributed by atoms with van der Waals surface area (Å²) >= 11 is 0. The molecule has 3 rings (SSSR count). The quantitative estimate of drug-likeness (QED) is 0.257. The van der Waals surface area contributed by atoms with Crippen LogP contribution in [0.5, 0.6) is 0 Å². The maximum Gasteiger partial charge on any atom is 0.307 e. The molecule has 1 aromatic heterocycles. The first-order valence-electron chi connectivity index (χ1n) is 11.5. The average molecular weight is 444 g/mol. The van der Waals surface area contributed by atoms with Crippen molar-refractivity contribution >= 4 is 11.7 Å². The summed E-state index contributed by atoms with van der Waals surface area (Å²) in [4.78, 5) is 27.4. The minimum absolute atomic E-state index is 0.00276. The fourth-order valence-electron chi connectivity index (χ4n) is 4.28. The lowest BCUT2D eigenvalue weighted by Gasteiger charge is -2.23. The number of aromatic nitrogens is 2. The molecule has 8 heteroatoms. The van der Waals surface area contributed by atoms with E-state index in [9.17, 15) is 14.9 Å². The van der Waals surface area contributed by atoms with Gasteiger partial charge in [-0.25, -0.2) is 0 Å². The van der Waals surface area contributed by atoms with Gasteiger partial charge in [0, 0.05) is 23.6 Å². The molecular formula is C24H33N3O5. The summed E-state index contributed by atoms with van der Waals surface area (Å²) in [5, 5.41) is 14.9. The lowest BCUT2D eigenvalue weighted by molar-refractivity contribution is -0.384. The molecule has 0 amide bonds. The Kier molecular flexibility index (Phi) is 7.99. The highest BCUT2D eigenvalue weighted by Crippen LogP contribution is 2.32. The van der Waals surface area contributed by atoms with Gasteiger partial charge in [0.15, 0.2) is 0 Å². The highest BCUT2D eigenvalue weighted by molar-refractivity contribution is 5.70. The summed E-state index contributed by atoms with van der Waals surface area (Å²) in [5.41, 5.74) is 0.0782. The minimum atomic E-state index is -0.553. The Balaban J connectivity index is 1.69. The molecule has 1 fully saturated rings. The molecule has 0 aliphatic heterocycles. The Bertz CT molecular complexity index is 895. The van der Waals surface area contributed by atoms with E-state index in [1.165, 1.54) is 44.2 Å². The highest BCUT2D eigenvalue weighted by atomic mass is 16.6. The number of carbonyl (C=O) groups is 1. The lowest BCUT2D eigenvalue weighted by atomic mass is 9.84. The van der Waals surface area contributed by atoms with Crippen molar-refractivity contribution in [2.45, 2.75) is 90.1 Å². The maximum atomic E-state index is 12.5. The van der Waals surface area contributed by atoms with Crippen LogP contribution in [0.3, 0.4) is 0 Å². The summed E-state index contributed by atoms with van der Waals surface area (Å²) in [6.45, 7) is 5.55. The van der Waals surface area contributed by atoms with Gasteiger partial charge in [0.05, 0.1) is 11.3 Å². The zero-order valence-electron chi connectivity index (χ0n) is 19.2. The second-order valence-electron chi connectivity index (χ2n) is 9.68. The second-order valence-corrected chi connectivity index (χ2v) is 9.68. The van der Waals surface area contributed by atoms with Crippen LogP contribution in [0.1, 0.15) is 90.4 Å². The molecule has 1 saturated carbocycles. The van der Waals surface area contributed by atoms with E-state index in [4.69, 9.17) is 9.26 Å². The summed E-state index contributed by atoms with van der Waals surface area (Å²) in [5.74, 6) is 1.04. The van der Waals surface area contributed by atoms with E-state index in [0.29, 0.717) is 17.3 Å². The minimum Gasteiger partial charge on any atom is -0.460 e. The van der Waals surface area contributed by atoms with Crippen LogP contribution in [0.25, 0.3) is 11.4 Å². The van der Waals surface area contributed by atoms with E-state index in [1.807, 2.05) is 20.8 Å². The topological polar surface area (TPSA) is 108 Å². The van der Waals surface area contributed by atoms with Gasteiger partial charge in [0.25, 0.3) is 5.69 Å². The summed E-state index contributed by atoms with van der Waals surface area (Å²) in [7, 11) is 0. The molecule has 8 nitrogen and oxygen atoms in total. The van der Waals surface area contributed by atoms with Crippen LogP contribution in [0.2, 0.25) is 0 Å². The molecule has 1 heterocycles. The third kappa shape index (κ3) is 7.14. The number of non-ortho nitro benzene ring substituents is 1. The van der Waals surface area contributed by atoms with Gasteiger partial charge in [-0.15, -0.1) is 0 Å². The van der Waals surface area contributed by atoms with Crippen LogP contribution < -0.4 is 0 Å². The number of esters is 1. The number of hydrogen-bond acceptors (Lipinski definition) is 7. The van der Waals surface area contributed by atoms with Gasteiger partial charge >= 0.3 is 5.97 Å². The number of hydrogen-bond donors (Lipinski definition) is 0. The molecule has 0 saturated heterocycles. The van der Waals surface area contributed by atoms with Gasteiger partial charge in [0.1, 0.15) is 5.60 Å². The van der Waals surface area contributed by atoms with Crippen molar-refractivity contribution in [2.75, 3.05) is 0 Å². The van der Waals surface area contributed by atoms with Gasteiger partial charge in [-0.05, 0) is 45.2 Å². The Morgan fingerprint density at radius 3 is 2.53 bits per heavy atom. The van der Waals surface area contributed by atoms with Crippen molar-refractivity contribution in [3.63, 3.8) is 0 Å². The van der Waals surface area contributed by atoms with E-state index in [1.54, 1.807) is 12.1 Å². The summed E-state index contributed by atoms with van der Waals surface area (Å²) in [6, 6.07) is 6.01. The number of carbonyl (C=O) groups excluding carboxylic acids is 1. The summed E-state index contributed by atoms with van der Waals surface area (Å²) in [6.07, 6.45) is 9.65. The molecule has 0 bridgehead atoms. The maximum absolute atomic E-state index is 12.5. The van der Waals surface area contributed by atoms with E-state index >= 15 is 0 Å². The largest absolute Gasteiger partial charge is 0.460 e. The molecule has 174 valence electrons. The van der Waals surface area contributed by atoms with Gasteiger partial charge in [-0.3, -0.25) is 14.9 Å². The predicted octanol–water partition coefficient (Wildman–Crippen LogP) is 6.21. The van der Waals surface area contributed by atoms with Crippen molar-refractivity contribution in [2.24, 2.45) is 5.92 Å². The third-order valence-electron chi connectivity index (χ3n) is 5.85. The summed E-state index contributed by atoms with van der Waals surface area (Å²) < 4.78 is 11.1. The molecular weight excluding hydrogens is 410 g/mol. The molecule has 0 unspecified atom stereocenters. The van der Waals surface area contributed by atoms with E-state index in [0.717, 1.165) is 25.2 Å². The number of rotatable bonds is 9. The molecule has 0 spiro atoms. The highest BCUT2D eigenvalue weighted by Gasteiger charge is 2.26. The molecule has 1 aliphatic rings. The van der Waals surface area contributed by atoms with E-state index < -0.39 is 10.5 Å². The number of nitro groups is 1. The molecule has 0 N–H and O–H groups in total. The van der Waals surface area contributed by atoms with Gasteiger partial charge in [-0.2, -0.15) is 4.98 Å². The SMILES string of the molecule is CC(C)(C)OC(=O)C[C@H](CCCC1CCCCC1)c1nc(-c2ccc([N+](=O)[O-])cc2)no1. The first kappa shape index (κ1) is 23.9. The molecule has 0 radical (unpaired) electrons. The van der Waals surface area contributed by atoms with Gasteiger partial charge in [-0.1, -0.05) is 50.1 Å². The number of ether oxygens (including phenoxy) is 1. The zero-order chi connectivity index (χ0) is 23.1. The Labute approximate surface area is 188 Å². The molecule has 1 atom stereocenters. The van der Waals surface area contributed by atoms with Crippen LogP contribution >= 0.6 is 0 Å². The first-order valence-corrected chi connectivity index (χ1v) is 11.5. The normalized spacial score (nSPS) is 16.0. The van der Waals surface area contributed by atoms with Crippen molar-refractivity contribution in [3.8, 4) is 11.4 Å². The van der Waals surface area contributed by atoms with Crippen molar-refractivity contribution in [1.29, 1.82) is 0 Å². The first-order chi connectivity index (χ1) is 15.2. The monoisotopic (exact) mass is 443 g/mol. The fourth-order valence-corrected chi connectivity index (χ4v) is 4.28. The van der Waals surface area contributed by atoms with Crippen molar-refractivity contribution in [1.82, 2.24) is 10.1 Å².